The Hall–Kier alpha value is -2.94. The summed E-state index contributed by atoms with van der Waals surface area (Å²) in [6.45, 7) is 0.502. The van der Waals surface area contributed by atoms with Crippen LogP contribution in [0.15, 0.2) is 0 Å². The Morgan fingerprint density at radius 2 is 0.970 bits per heavy atom. The molecule has 0 unspecified atom stereocenters. The SMILES string of the molecule is O=C(CC1OCC2(CO1)COC(CC(=O)ON1C(=O)CCC1=O)OC2)ON1C(=O)CCC1=O. The Kier molecular flexibility index (Phi) is 6.69. The molecule has 4 rings (SSSR count). The molecule has 180 valence electrons. The minimum atomic E-state index is -0.931. The summed E-state index contributed by atoms with van der Waals surface area (Å²) in [5.74, 6) is -4.00. The van der Waals surface area contributed by atoms with Gasteiger partial charge in [-0.25, -0.2) is 9.59 Å². The molecule has 4 amide bonds. The third-order valence-electron chi connectivity index (χ3n) is 5.37. The van der Waals surface area contributed by atoms with Gasteiger partial charge in [0.05, 0.1) is 44.7 Å². The molecule has 4 heterocycles. The molecule has 4 fully saturated rings. The van der Waals surface area contributed by atoms with E-state index in [9.17, 15) is 28.8 Å². The van der Waals surface area contributed by atoms with Crippen molar-refractivity contribution >= 4 is 35.6 Å². The summed E-state index contributed by atoms with van der Waals surface area (Å²) in [7, 11) is 0. The normalized spacial score (nSPS) is 30.3. The first-order valence-electron chi connectivity index (χ1n) is 10.3. The highest BCUT2D eigenvalue weighted by atomic mass is 16.7. The van der Waals surface area contributed by atoms with E-state index >= 15 is 0 Å². The lowest BCUT2D eigenvalue weighted by Crippen LogP contribution is -2.53. The van der Waals surface area contributed by atoms with Gasteiger partial charge in [0.2, 0.25) is 0 Å². The molecule has 0 saturated carbocycles. The van der Waals surface area contributed by atoms with Gasteiger partial charge in [-0.05, 0) is 0 Å². The van der Waals surface area contributed by atoms with Crippen molar-refractivity contribution in [3.05, 3.63) is 0 Å². The van der Waals surface area contributed by atoms with Crippen LogP contribution in [-0.4, -0.2) is 84.7 Å². The monoisotopic (exact) mass is 470 g/mol. The highest BCUT2D eigenvalue weighted by Gasteiger charge is 2.44. The Bertz CT molecular complexity index is 751. The van der Waals surface area contributed by atoms with Gasteiger partial charge in [0.25, 0.3) is 23.6 Å². The van der Waals surface area contributed by atoms with Gasteiger partial charge in [0, 0.05) is 25.7 Å². The molecule has 0 aliphatic carbocycles. The van der Waals surface area contributed by atoms with Gasteiger partial charge in [-0.2, -0.15) is 0 Å². The zero-order valence-electron chi connectivity index (χ0n) is 17.5. The summed E-state index contributed by atoms with van der Waals surface area (Å²) >= 11 is 0. The summed E-state index contributed by atoms with van der Waals surface area (Å²) in [6.07, 6.45) is -2.51. The van der Waals surface area contributed by atoms with E-state index in [4.69, 9.17) is 28.6 Å². The number of hydrogen-bond donors (Lipinski definition) is 0. The average molecular weight is 470 g/mol. The van der Waals surface area contributed by atoms with E-state index in [-0.39, 0.29) is 65.0 Å². The van der Waals surface area contributed by atoms with Crippen LogP contribution in [0, 0.1) is 5.41 Å². The lowest BCUT2D eigenvalue weighted by atomic mass is 9.90. The molecule has 0 radical (unpaired) electrons. The van der Waals surface area contributed by atoms with E-state index in [1.807, 2.05) is 0 Å². The summed E-state index contributed by atoms with van der Waals surface area (Å²) in [5, 5.41) is 0.909. The molecular formula is C19H22N2O12. The third kappa shape index (κ3) is 5.35. The topological polar surface area (TPSA) is 164 Å². The van der Waals surface area contributed by atoms with E-state index in [2.05, 4.69) is 0 Å². The molecule has 4 saturated heterocycles. The number of hydrogen-bond acceptors (Lipinski definition) is 12. The fraction of sp³-hybridized carbons (Fsp3) is 0.684. The van der Waals surface area contributed by atoms with Crippen molar-refractivity contribution in [1.82, 2.24) is 10.1 Å². The van der Waals surface area contributed by atoms with Crippen LogP contribution >= 0.6 is 0 Å². The molecule has 0 aromatic rings. The fourth-order valence-corrected chi connectivity index (χ4v) is 3.53. The highest BCUT2D eigenvalue weighted by Crippen LogP contribution is 2.32. The van der Waals surface area contributed by atoms with Gasteiger partial charge < -0.3 is 28.6 Å². The smallest absolute Gasteiger partial charge is 0.338 e. The van der Waals surface area contributed by atoms with Crippen LogP contribution in [0.3, 0.4) is 0 Å². The van der Waals surface area contributed by atoms with Crippen LogP contribution in [0.1, 0.15) is 38.5 Å². The van der Waals surface area contributed by atoms with Crippen LogP contribution < -0.4 is 0 Å². The zero-order chi connectivity index (χ0) is 23.6. The summed E-state index contributed by atoms with van der Waals surface area (Å²) in [6, 6.07) is 0. The van der Waals surface area contributed by atoms with Crippen LogP contribution in [0.4, 0.5) is 0 Å². The van der Waals surface area contributed by atoms with E-state index in [0.717, 1.165) is 0 Å². The number of rotatable bonds is 6. The lowest BCUT2D eigenvalue weighted by molar-refractivity contribution is -0.304. The molecule has 0 bridgehead atoms. The predicted molar refractivity (Wildman–Crippen MR) is 97.4 cm³/mol. The first-order chi connectivity index (χ1) is 15.7. The number of imide groups is 2. The predicted octanol–water partition coefficient (Wildman–Crippen LogP) is -1.29. The van der Waals surface area contributed by atoms with Gasteiger partial charge in [-0.3, -0.25) is 19.2 Å². The van der Waals surface area contributed by atoms with E-state index in [1.165, 1.54) is 0 Å². The van der Waals surface area contributed by atoms with Crippen molar-refractivity contribution in [2.45, 2.75) is 51.1 Å². The maximum Gasteiger partial charge on any atom is 0.338 e. The van der Waals surface area contributed by atoms with Crippen molar-refractivity contribution in [3.8, 4) is 0 Å². The number of ether oxygens (including phenoxy) is 4. The summed E-state index contributed by atoms with van der Waals surface area (Å²) < 4.78 is 22.2. The molecule has 0 aromatic heterocycles. The van der Waals surface area contributed by atoms with Gasteiger partial charge in [-0.15, -0.1) is 10.1 Å². The number of nitrogens with zero attached hydrogens (tertiary/aromatic N) is 2. The molecule has 1 spiro atoms. The molecule has 0 aromatic carbocycles. The Balaban J connectivity index is 1.16. The standard InChI is InChI=1S/C19H22N2O12/c22-11-1-2-12(23)20(11)32-15(26)5-17-28-7-19(8-29-17)9-30-18(31-10-19)6-16(27)33-21-13(24)3-4-14(21)25/h17-18H,1-10H2. The number of hydroxylamine groups is 4. The molecule has 0 N–H and O–H groups in total. The molecule has 4 aliphatic heterocycles. The van der Waals surface area contributed by atoms with Crippen LogP contribution in [-0.2, 0) is 57.4 Å². The van der Waals surface area contributed by atoms with Crippen LogP contribution in [0.5, 0.6) is 0 Å². The molecule has 33 heavy (non-hydrogen) atoms. The highest BCUT2D eigenvalue weighted by molar-refractivity contribution is 6.02. The molecular weight excluding hydrogens is 448 g/mol. The molecule has 14 heteroatoms. The lowest BCUT2D eigenvalue weighted by Gasteiger charge is -2.43. The van der Waals surface area contributed by atoms with Crippen molar-refractivity contribution in [1.29, 1.82) is 0 Å². The first kappa shape index (κ1) is 23.2. The van der Waals surface area contributed by atoms with E-state index in [1.54, 1.807) is 0 Å². The second kappa shape index (κ2) is 9.51. The number of carbonyl (C=O) groups excluding carboxylic acids is 6. The number of carbonyl (C=O) groups is 6. The molecule has 0 atom stereocenters. The van der Waals surface area contributed by atoms with Crippen LogP contribution in [0.2, 0.25) is 0 Å². The Morgan fingerprint density at radius 3 is 1.27 bits per heavy atom. The third-order valence-corrected chi connectivity index (χ3v) is 5.37. The maximum atomic E-state index is 12.0. The van der Waals surface area contributed by atoms with Gasteiger partial charge >= 0.3 is 11.9 Å². The number of amides is 4. The van der Waals surface area contributed by atoms with Gasteiger partial charge in [-0.1, -0.05) is 0 Å². The Morgan fingerprint density at radius 1 is 0.667 bits per heavy atom. The fourth-order valence-electron chi connectivity index (χ4n) is 3.53. The van der Waals surface area contributed by atoms with Crippen LogP contribution in [0.25, 0.3) is 0 Å². The maximum absolute atomic E-state index is 12.0. The van der Waals surface area contributed by atoms with Crippen molar-refractivity contribution < 1.29 is 57.4 Å². The zero-order valence-corrected chi connectivity index (χ0v) is 17.5. The minimum absolute atomic E-state index is 0.00170. The quantitative estimate of drug-likeness (QED) is 0.423. The Labute approximate surface area is 186 Å². The average Bonchev–Trinajstić information content (AvgIpc) is 3.27. The summed E-state index contributed by atoms with van der Waals surface area (Å²) in [5.41, 5.74) is -0.664. The van der Waals surface area contributed by atoms with Crippen molar-refractivity contribution in [3.63, 3.8) is 0 Å². The van der Waals surface area contributed by atoms with Crippen molar-refractivity contribution in [2.24, 2.45) is 5.41 Å². The van der Waals surface area contributed by atoms with Gasteiger partial charge in [0.1, 0.15) is 0 Å². The first-order valence-corrected chi connectivity index (χ1v) is 10.3. The molecule has 4 aliphatic rings. The minimum Gasteiger partial charge on any atom is -0.351 e. The van der Waals surface area contributed by atoms with E-state index in [0.29, 0.717) is 10.1 Å². The molecule has 14 nitrogen and oxygen atoms in total. The largest absolute Gasteiger partial charge is 0.351 e. The van der Waals surface area contributed by atoms with E-state index < -0.39 is 53.6 Å². The second-order valence-corrected chi connectivity index (χ2v) is 8.10. The second-order valence-electron chi connectivity index (χ2n) is 8.10. The summed E-state index contributed by atoms with van der Waals surface area (Å²) in [4.78, 5) is 79.5. The van der Waals surface area contributed by atoms with Crippen molar-refractivity contribution in [2.75, 3.05) is 26.4 Å². The van der Waals surface area contributed by atoms with Gasteiger partial charge in [0.15, 0.2) is 12.6 Å².